The van der Waals surface area contributed by atoms with E-state index in [9.17, 15) is 0 Å². The Balaban J connectivity index is 2.26. The van der Waals surface area contributed by atoms with Crippen LogP contribution in [-0.2, 0) is 13.5 Å². The van der Waals surface area contributed by atoms with Crippen LogP contribution >= 0.6 is 0 Å². The number of anilines is 1. The Hall–Kier alpha value is -1.97. The van der Waals surface area contributed by atoms with Gasteiger partial charge in [-0.3, -0.25) is 4.68 Å². The summed E-state index contributed by atoms with van der Waals surface area (Å²) < 4.78 is 6.96. The molecule has 2 aromatic rings. The molecule has 84 valence electrons. The number of rotatable bonds is 3. The first-order valence-corrected chi connectivity index (χ1v) is 5.11. The fraction of sp³-hybridized carbons (Fsp3) is 0.250. The molecule has 0 atom stereocenters. The summed E-state index contributed by atoms with van der Waals surface area (Å²) in [6.45, 7) is 0. The Bertz CT molecular complexity index is 471. The molecule has 2 rings (SSSR count). The van der Waals surface area contributed by atoms with Gasteiger partial charge in [0.05, 0.1) is 12.8 Å². The number of hydrogen-bond donors (Lipinski definition) is 1. The fourth-order valence-corrected chi connectivity index (χ4v) is 1.67. The molecule has 4 heteroatoms. The lowest BCUT2D eigenvalue weighted by atomic mass is 10.1. The second-order valence-corrected chi connectivity index (χ2v) is 3.67. The molecule has 0 unspecified atom stereocenters. The van der Waals surface area contributed by atoms with Crippen molar-refractivity contribution in [2.24, 2.45) is 7.05 Å². The van der Waals surface area contributed by atoms with Crippen molar-refractivity contribution < 1.29 is 4.74 Å². The quantitative estimate of drug-likeness (QED) is 0.849. The lowest BCUT2D eigenvalue weighted by molar-refractivity contribution is 0.410. The molecule has 0 bridgehead atoms. The van der Waals surface area contributed by atoms with Gasteiger partial charge in [0.15, 0.2) is 0 Å². The van der Waals surface area contributed by atoms with E-state index in [1.807, 2.05) is 37.4 Å². The highest BCUT2D eigenvalue weighted by atomic mass is 16.5. The Morgan fingerprint density at radius 1 is 1.38 bits per heavy atom. The summed E-state index contributed by atoms with van der Waals surface area (Å²) in [5, 5.41) is 4.32. The van der Waals surface area contributed by atoms with E-state index >= 15 is 0 Å². The molecule has 1 heterocycles. The van der Waals surface area contributed by atoms with Gasteiger partial charge in [0, 0.05) is 25.1 Å². The van der Waals surface area contributed by atoms with Gasteiger partial charge >= 0.3 is 0 Å². The van der Waals surface area contributed by atoms with Crippen LogP contribution in [0.25, 0.3) is 0 Å². The van der Waals surface area contributed by atoms with Crippen LogP contribution in [0.5, 0.6) is 5.75 Å². The monoisotopic (exact) mass is 217 g/mol. The van der Waals surface area contributed by atoms with Crippen LogP contribution in [-0.4, -0.2) is 16.9 Å². The summed E-state index contributed by atoms with van der Waals surface area (Å²) >= 11 is 0. The highest BCUT2D eigenvalue weighted by Gasteiger charge is 2.06. The maximum Gasteiger partial charge on any atom is 0.122 e. The van der Waals surface area contributed by atoms with Gasteiger partial charge in [0.2, 0.25) is 0 Å². The molecule has 0 aliphatic carbocycles. The van der Waals surface area contributed by atoms with Crippen LogP contribution in [0.4, 0.5) is 5.82 Å². The molecule has 0 saturated carbocycles. The molecule has 2 N–H and O–H groups in total. The molecule has 0 spiro atoms. The predicted molar refractivity (Wildman–Crippen MR) is 63.4 cm³/mol. The number of para-hydroxylation sites is 1. The molecule has 0 aliphatic rings. The van der Waals surface area contributed by atoms with Crippen LogP contribution in [0, 0.1) is 0 Å². The molecule has 1 aromatic heterocycles. The van der Waals surface area contributed by atoms with Crippen LogP contribution in [0.1, 0.15) is 11.3 Å². The highest BCUT2D eigenvalue weighted by Crippen LogP contribution is 2.20. The second-order valence-electron chi connectivity index (χ2n) is 3.67. The van der Waals surface area contributed by atoms with Crippen molar-refractivity contribution in [3.8, 4) is 5.75 Å². The summed E-state index contributed by atoms with van der Waals surface area (Å²) in [6.07, 6.45) is 0.731. The largest absolute Gasteiger partial charge is 0.496 e. The molecular formula is C12H15N3O. The van der Waals surface area contributed by atoms with E-state index in [0.29, 0.717) is 5.82 Å². The zero-order chi connectivity index (χ0) is 11.5. The first kappa shape index (κ1) is 10.5. The number of aromatic nitrogens is 2. The fourth-order valence-electron chi connectivity index (χ4n) is 1.67. The topological polar surface area (TPSA) is 53.1 Å². The number of nitrogens with zero attached hydrogens (tertiary/aromatic N) is 2. The molecule has 16 heavy (non-hydrogen) atoms. The number of nitrogens with two attached hydrogens (primary N) is 1. The molecule has 1 aromatic carbocycles. The minimum atomic E-state index is 0.671. The molecule has 0 radical (unpaired) electrons. The van der Waals surface area contributed by atoms with Crippen LogP contribution in [0.2, 0.25) is 0 Å². The minimum absolute atomic E-state index is 0.671. The predicted octanol–water partition coefficient (Wildman–Crippen LogP) is 1.60. The van der Waals surface area contributed by atoms with Gasteiger partial charge in [-0.2, -0.15) is 5.10 Å². The SMILES string of the molecule is COc1ccccc1Cc1cc(N)n(C)n1. The van der Waals surface area contributed by atoms with Gasteiger partial charge in [0.1, 0.15) is 11.6 Å². The van der Waals surface area contributed by atoms with Crippen molar-refractivity contribution in [3.63, 3.8) is 0 Å². The first-order chi connectivity index (χ1) is 7.70. The zero-order valence-electron chi connectivity index (χ0n) is 9.47. The Morgan fingerprint density at radius 3 is 2.75 bits per heavy atom. The van der Waals surface area contributed by atoms with Crippen LogP contribution < -0.4 is 10.5 Å². The number of nitrogen functional groups attached to an aromatic ring is 1. The number of benzene rings is 1. The zero-order valence-corrected chi connectivity index (χ0v) is 9.47. The summed E-state index contributed by atoms with van der Waals surface area (Å²) in [7, 11) is 3.51. The molecule has 0 fully saturated rings. The van der Waals surface area contributed by atoms with E-state index in [2.05, 4.69) is 5.10 Å². The number of aryl methyl sites for hydroxylation is 1. The average Bonchev–Trinajstić information content (AvgIpc) is 2.59. The minimum Gasteiger partial charge on any atom is -0.496 e. The second kappa shape index (κ2) is 4.26. The molecule has 4 nitrogen and oxygen atoms in total. The molecule has 0 amide bonds. The third kappa shape index (κ3) is 2.00. The summed E-state index contributed by atoms with van der Waals surface area (Å²) in [5.74, 6) is 1.55. The Kier molecular flexibility index (Phi) is 2.81. The lowest BCUT2D eigenvalue weighted by Crippen LogP contribution is -1.98. The standard InChI is InChI=1S/C12H15N3O/c1-15-12(13)8-10(14-15)7-9-5-3-4-6-11(9)16-2/h3-6,8H,7,13H2,1-2H3. The van der Waals surface area contributed by atoms with E-state index in [4.69, 9.17) is 10.5 Å². The van der Waals surface area contributed by atoms with Crippen molar-refractivity contribution in [2.75, 3.05) is 12.8 Å². The lowest BCUT2D eigenvalue weighted by Gasteiger charge is -2.05. The van der Waals surface area contributed by atoms with Crippen molar-refractivity contribution in [2.45, 2.75) is 6.42 Å². The summed E-state index contributed by atoms with van der Waals surface area (Å²) in [5.41, 5.74) is 7.80. The number of ether oxygens (including phenoxy) is 1. The van der Waals surface area contributed by atoms with Gasteiger partial charge in [-0.25, -0.2) is 0 Å². The third-order valence-electron chi connectivity index (χ3n) is 2.53. The van der Waals surface area contributed by atoms with E-state index < -0.39 is 0 Å². The molecule has 0 aliphatic heterocycles. The number of hydrogen-bond acceptors (Lipinski definition) is 3. The normalized spacial score (nSPS) is 10.4. The third-order valence-corrected chi connectivity index (χ3v) is 2.53. The van der Waals surface area contributed by atoms with Crippen LogP contribution in [0.3, 0.4) is 0 Å². The average molecular weight is 217 g/mol. The van der Waals surface area contributed by atoms with E-state index in [1.165, 1.54) is 0 Å². The maximum absolute atomic E-state index is 5.73. The van der Waals surface area contributed by atoms with Crippen molar-refractivity contribution in [1.82, 2.24) is 9.78 Å². The van der Waals surface area contributed by atoms with Crippen molar-refractivity contribution in [3.05, 3.63) is 41.6 Å². The van der Waals surface area contributed by atoms with Crippen LogP contribution in [0.15, 0.2) is 30.3 Å². The number of methoxy groups -OCH3 is 1. The Morgan fingerprint density at radius 2 is 2.12 bits per heavy atom. The van der Waals surface area contributed by atoms with Gasteiger partial charge in [-0.15, -0.1) is 0 Å². The van der Waals surface area contributed by atoms with E-state index in [-0.39, 0.29) is 0 Å². The molecular weight excluding hydrogens is 202 g/mol. The van der Waals surface area contributed by atoms with Gasteiger partial charge in [-0.05, 0) is 6.07 Å². The van der Waals surface area contributed by atoms with E-state index in [0.717, 1.165) is 23.4 Å². The van der Waals surface area contributed by atoms with Gasteiger partial charge in [0.25, 0.3) is 0 Å². The summed E-state index contributed by atoms with van der Waals surface area (Å²) in [4.78, 5) is 0. The van der Waals surface area contributed by atoms with Gasteiger partial charge < -0.3 is 10.5 Å². The maximum atomic E-state index is 5.73. The van der Waals surface area contributed by atoms with Gasteiger partial charge in [-0.1, -0.05) is 18.2 Å². The summed E-state index contributed by atoms with van der Waals surface area (Å²) in [6, 6.07) is 9.80. The first-order valence-electron chi connectivity index (χ1n) is 5.11. The highest BCUT2D eigenvalue weighted by molar-refractivity contribution is 5.38. The molecule has 0 saturated heterocycles. The van der Waals surface area contributed by atoms with Crippen molar-refractivity contribution in [1.29, 1.82) is 0 Å². The smallest absolute Gasteiger partial charge is 0.122 e. The van der Waals surface area contributed by atoms with Crippen molar-refractivity contribution >= 4 is 5.82 Å². The Labute approximate surface area is 94.6 Å². The van der Waals surface area contributed by atoms with E-state index in [1.54, 1.807) is 11.8 Å².